The molecule has 6 nitrogen and oxygen atoms in total. The Morgan fingerprint density at radius 2 is 2.10 bits per heavy atom. The SMILES string of the molecule is CNC(=O)c1sc(N2C3CCC2CC(O)C3)c(C#N)c1N. The van der Waals surface area contributed by atoms with Gasteiger partial charge in [-0.1, -0.05) is 0 Å². The normalized spacial score (nSPS) is 27.5. The number of amides is 1. The van der Waals surface area contributed by atoms with E-state index in [0.717, 1.165) is 17.8 Å². The van der Waals surface area contributed by atoms with Crippen molar-refractivity contribution < 1.29 is 9.90 Å². The van der Waals surface area contributed by atoms with E-state index in [1.165, 1.54) is 11.3 Å². The summed E-state index contributed by atoms with van der Waals surface area (Å²) in [6, 6.07) is 2.62. The molecule has 1 amide bonds. The molecule has 21 heavy (non-hydrogen) atoms. The lowest BCUT2D eigenvalue weighted by molar-refractivity contribution is 0.0967. The third-order valence-corrected chi connectivity index (χ3v) is 5.63. The van der Waals surface area contributed by atoms with Gasteiger partial charge in [-0.25, -0.2) is 0 Å². The molecule has 2 unspecified atom stereocenters. The maximum absolute atomic E-state index is 11.9. The molecule has 1 aromatic heterocycles. The molecule has 2 atom stereocenters. The number of aliphatic hydroxyl groups is 1. The highest BCUT2D eigenvalue weighted by Crippen LogP contribution is 2.46. The minimum absolute atomic E-state index is 0.237. The van der Waals surface area contributed by atoms with Crippen molar-refractivity contribution in [2.75, 3.05) is 17.7 Å². The van der Waals surface area contributed by atoms with Crippen LogP contribution in [-0.4, -0.2) is 36.2 Å². The Morgan fingerprint density at radius 1 is 1.48 bits per heavy atom. The summed E-state index contributed by atoms with van der Waals surface area (Å²) in [6.45, 7) is 0. The van der Waals surface area contributed by atoms with E-state index in [2.05, 4.69) is 16.3 Å². The lowest BCUT2D eigenvalue weighted by Crippen LogP contribution is -2.44. The van der Waals surface area contributed by atoms with Gasteiger partial charge in [-0.15, -0.1) is 11.3 Å². The summed E-state index contributed by atoms with van der Waals surface area (Å²) in [5.74, 6) is -0.260. The van der Waals surface area contributed by atoms with Gasteiger partial charge in [0.25, 0.3) is 5.91 Å². The molecule has 2 aliphatic heterocycles. The highest BCUT2D eigenvalue weighted by atomic mass is 32.1. The first-order chi connectivity index (χ1) is 10.1. The first kappa shape index (κ1) is 14.2. The first-order valence-corrected chi connectivity index (χ1v) is 7.89. The molecule has 0 aliphatic carbocycles. The van der Waals surface area contributed by atoms with Crippen LogP contribution < -0.4 is 16.0 Å². The number of thiophene rings is 1. The molecule has 3 rings (SSSR count). The Kier molecular flexibility index (Phi) is 3.51. The third kappa shape index (κ3) is 2.15. The van der Waals surface area contributed by atoms with Gasteiger partial charge in [0.2, 0.25) is 0 Å². The number of nitrogen functional groups attached to an aromatic ring is 1. The maximum Gasteiger partial charge on any atom is 0.263 e. The van der Waals surface area contributed by atoms with Gasteiger partial charge < -0.3 is 21.1 Å². The van der Waals surface area contributed by atoms with Crippen molar-refractivity contribution in [3.63, 3.8) is 0 Å². The second-order valence-electron chi connectivity index (χ2n) is 5.63. The van der Waals surface area contributed by atoms with Crippen LogP contribution in [0.4, 0.5) is 10.7 Å². The van der Waals surface area contributed by atoms with E-state index >= 15 is 0 Å². The zero-order valence-electron chi connectivity index (χ0n) is 11.8. The van der Waals surface area contributed by atoms with Crippen molar-refractivity contribution in [3.05, 3.63) is 10.4 Å². The Balaban J connectivity index is 2.03. The molecular formula is C14H18N4O2S. The molecule has 0 aromatic carbocycles. The van der Waals surface area contributed by atoms with Crippen LogP contribution in [0.5, 0.6) is 0 Å². The Labute approximate surface area is 127 Å². The van der Waals surface area contributed by atoms with E-state index < -0.39 is 0 Å². The number of anilines is 2. The molecule has 2 aliphatic rings. The maximum atomic E-state index is 11.9. The summed E-state index contributed by atoms with van der Waals surface area (Å²) in [5.41, 5.74) is 6.65. The molecule has 2 fully saturated rings. The predicted molar refractivity (Wildman–Crippen MR) is 81.4 cm³/mol. The van der Waals surface area contributed by atoms with E-state index in [1.807, 2.05) is 0 Å². The average Bonchev–Trinajstić information content (AvgIpc) is 2.92. The van der Waals surface area contributed by atoms with E-state index in [-0.39, 0.29) is 29.8 Å². The summed E-state index contributed by atoms with van der Waals surface area (Å²) < 4.78 is 0. The number of nitrogens with two attached hydrogens (primary N) is 1. The molecule has 0 saturated carbocycles. The van der Waals surface area contributed by atoms with Crippen molar-refractivity contribution in [1.82, 2.24) is 5.32 Å². The van der Waals surface area contributed by atoms with Crippen LogP contribution in [0.25, 0.3) is 0 Å². The quantitative estimate of drug-likeness (QED) is 0.758. The predicted octanol–water partition coefficient (Wildman–Crippen LogP) is 1.05. The monoisotopic (exact) mass is 306 g/mol. The molecule has 2 saturated heterocycles. The number of hydrogen-bond acceptors (Lipinski definition) is 6. The molecule has 1 aromatic rings. The number of aliphatic hydroxyl groups excluding tert-OH is 1. The van der Waals surface area contributed by atoms with Gasteiger partial charge in [0.1, 0.15) is 21.5 Å². The minimum atomic E-state index is -0.264. The van der Waals surface area contributed by atoms with Crippen molar-refractivity contribution >= 4 is 27.9 Å². The number of nitrogens with one attached hydrogen (secondary N) is 1. The van der Waals surface area contributed by atoms with E-state index in [9.17, 15) is 15.2 Å². The molecule has 3 heterocycles. The van der Waals surface area contributed by atoms with Gasteiger partial charge in [-0.3, -0.25) is 4.79 Å². The summed E-state index contributed by atoms with van der Waals surface area (Å²) in [4.78, 5) is 14.5. The number of piperidine rings is 1. The zero-order valence-corrected chi connectivity index (χ0v) is 12.6. The van der Waals surface area contributed by atoms with Crippen molar-refractivity contribution in [3.8, 4) is 6.07 Å². The Bertz CT molecular complexity index is 607. The van der Waals surface area contributed by atoms with E-state index in [4.69, 9.17) is 5.73 Å². The topological polar surface area (TPSA) is 102 Å². The van der Waals surface area contributed by atoms with E-state index in [0.29, 0.717) is 23.3 Å². The second-order valence-corrected chi connectivity index (χ2v) is 6.63. The lowest BCUT2D eigenvalue weighted by atomic mass is 10.00. The number of fused-ring (bicyclic) bond motifs is 2. The van der Waals surface area contributed by atoms with E-state index in [1.54, 1.807) is 7.05 Å². The van der Waals surface area contributed by atoms with Gasteiger partial charge in [-0.05, 0) is 25.7 Å². The number of carbonyl (C=O) groups excluding carboxylic acids is 1. The van der Waals surface area contributed by atoms with Gasteiger partial charge in [-0.2, -0.15) is 5.26 Å². The molecule has 0 radical (unpaired) electrons. The average molecular weight is 306 g/mol. The molecule has 0 spiro atoms. The van der Waals surface area contributed by atoms with Crippen LogP contribution in [0.3, 0.4) is 0 Å². The summed E-state index contributed by atoms with van der Waals surface area (Å²) in [5, 5.41) is 22.6. The number of hydrogen-bond donors (Lipinski definition) is 3. The summed E-state index contributed by atoms with van der Waals surface area (Å²) >= 11 is 1.28. The molecule has 112 valence electrons. The third-order valence-electron chi connectivity index (χ3n) is 4.41. The fraction of sp³-hybridized carbons (Fsp3) is 0.571. The largest absolute Gasteiger partial charge is 0.396 e. The van der Waals surface area contributed by atoms with Gasteiger partial charge in [0.15, 0.2) is 0 Å². The fourth-order valence-corrected chi connectivity index (χ4v) is 4.74. The van der Waals surface area contributed by atoms with Gasteiger partial charge in [0, 0.05) is 19.1 Å². The summed E-state index contributed by atoms with van der Waals surface area (Å²) in [7, 11) is 1.55. The number of nitrogens with zero attached hydrogens (tertiary/aromatic N) is 2. The van der Waals surface area contributed by atoms with Crippen LogP contribution in [0.1, 0.15) is 40.9 Å². The highest BCUT2D eigenvalue weighted by Gasteiger charge is 2.42. The molecule has 7 heteroatoms. The van der Waals surface area contributed by atoms with Crippen LogP contribution in [0.2, 0.25) is 0 Å². The Hall–Kier alpha value is -1.78. The van der Waals surface area contributed by atoms with Crippen LogP contribution in [0, 0.1) is 11.3 Å². The lowest BCUT2D eigenvalue weighted by Gasteiger charge is -2.38. The van der Waals surface area contributed by atoms with Crippen molar-refractivity contribution in [2.24, 2.45) is 0 Å². The van der Waals surface area contributed by atoms with Crippen LogP contribution in [-0.2, 0) is 0 Å². The first-order valence-electron chi connectivity index (χ1n) is 7.07. The van der Waals surface area contributed by atoms with Crippen molar-refractivity contribution in [1.29, 1.82) is 5.26 Å². The molecule has 2 bridgehead atoms. The zero-order chi connectivity index (χ0) is 15.1. The minimum Gasteiger partial charge on any atom is -0.396 e. The Morgan fingerprint density at radius 3 is 2.62 bits per heavy atom. The number of carbonyl (C=O) groups is 1. The van der Waals surface area contributed by atoms with Crippen LogP contribution >= 0.6 is 11.3 Å². The van der Waals surface area contributed by atoms with Crippen LogP contribution in [0.15, 0.2) is 0 Å². The molecule has 4 N–H and O–H groups in total. The smallest absolute Gasteiger partial charge is 0.263 e. The fourth-order valence-electron chi connectivity index (χ4n) is 3.48. The highest BCUT2D eigenvalue weighted by molar-refractivity contribution is 7.19. The van der Waals surface area contributed by atoms with Gasteiger partial charge >= 0.3 is 0 Å². The van der Waals surface area contributed by atoms with Gasteiger partial charge in [0.05, 0.1) is 11.8 Å². The number of nitriles is 1. The standard InChI is InChI=1S/C14H18N4O2S/c1-17-13(20)12-11(16)10(6-15)14(21-12)18-7-2-3-8(18)5-9(19)4-7/h7-9,19H,2-5,16H2,1H3,(H,17,20). The summed E-state index contributed by atoms with van der Waals surface area (Å²) in [6.07, 6.45) is 3.20. The number of rotatable bonds is 2. The second kappa shape index (κ2) is 5.20. The van der Waals surface area contributed by atoms with Crippen molar-refractivity contribution in [2.45, 2.75) is 43.9 Å². The molecular weight excluding hydrogens is 288 g/mol.